The summed E-state index contributed by atoms with van der Waals surface area (Å²) in [7, 11) is 0. The monoisotopic (exact) mass is 351 g/mol. The molecule has 0 heterocycles. The fourth-order valence-electron chi connectivity index (χ4n) is 2.40. The lowest BCUT2D eigenvalue weighted by Crippen LogP contribution is -2.32. The number of aryl methyl sites for hydroxylation is 2. The predicted molar refractivity (Wildman–Crippen MR) is 90.7 cm³/mol. The first kappa shape index (κ1) is 18.8. The number of ether oxygens (including phenoxy) is 1. The Morgan fingerprint density at radius 3 is 2.48 bits per heavy atom. The summed E-state index contributed by atoms with van der Waals surface area (Å²) in [6.45, 7) is 5.61. The van der Waals surface area contributed by atoms with Crippen LogP contribution < -0.4 is 10.1 Å². The summed E-state index contributed by atoms with van der Waals surface area (Å²) < 4.78 is 44.0. The molecule has 1 N–H and O–H groups in total. The molecule has 3 nitrogen and oxygen atoms in total. The van der Waals surface area contributed by atoms with Crippen molar-refractivity contribution in [3.8, 4) is 5.75 Å². The Morgan fingerprint density at radius 1 is 1.16 bits per heavy atom. The molecule has 1 atom stereocenters. The van der Waals surface area contributed by atoms with Gasteiger partial charge >= 0.3 is 6.18 Å². The fourth-order valence-corrected chi connectivity index (χ4v) is 2.40. The zero-order chi connectivity index (χ0) is 18.6. The molecule has 0 spiro atoms. The van der Waals surface area contributed by atoms with Gasteiger partial charge in [0.1, 0.15) is 5.75 Å². The number of alkyl halides is 3. The molecule has 1 amide bonds. The van der Waals surface area contributed by atoms with E-state index in [0.717, 1.165) is 23.3 Å². The lowest BCUT2D eigenvalue weighted by Gasteiger charge is -2.19. The lowest BCUT2D eigenvalue weighted by molar-refractivity contribution is -0.137. The zero-order valence-electron chi connectivity index (χ0n) is 14.3. The molecule has 0 saturated carbocycles. The van der Waals surface area contributed by atoms with Gasteiger partial charge in [-0.25, -0.2) is 0 Å². The number of rotatable bonds is 5. The molecule has 0 aliphatic rings. The van der Waals surface area contributed by atoms with Crippen LogP contribution in [0.5, 0.6) is 5.75 Å². The van der Waals surface area contributed by atoms with Crippen LogP contribution in [0.4, 0.5) is 18.9 Å². The van der Waals surface area contributed by atoms with Gasteiger partial charge in [-0.1, -0.05) is 30.7 Å². The van der Waals surface area contributed by atoms with Gasteiger partial charge in [0.2, 0.25) is 0 Å². The predicted octanol–water partition coefficient (Wildman–Crippen LogP) is 5.12. The first-order valence-corrected chi connectivity index (χ1v) is 7.92. The number of halogens is 3. The lowest BCUT2D eigenvalue weighted by atomic mass is 10.1. The maximum absolute atomic E-state index is 12.8. The number of carbonyl (C=O) groups is 1. The van der Waals surface area contributed by atoms with E-state index in [9.17, 15) is 18.0 Å². The summed E-state index contributed by atoms with van der Waals surface area (Å²) in [6.07, 6.45) is -4.87. The van der Waals surface area contributed by atoms with Gasteiger partial charge in [-0.05, 0) is 50.1 Å². The number of hydrogen-bond donors (Lipinski definition) is 1. The van der Waals surface area contributed by atoms with Crippen LogP contribution in [0.15, 0.2) is 42.5 Å². The first-order valence-electron chi connectivity index (χ1n) is 7.92. The SMILES string of the molecule is CC[C@H](Oc1ccc(C)cc1C)C(=O)Nc1cccc(C(F)(F)F)c1. The summed E-state index contributed by atoms with van der Waals surface area (Å²) in [4.78, 5) is 12.4. The van der Waals surface area contributed by atoms with Gasteiger partial charge < -0.3 is 10.1 Å². The van der Waals surface area contributed by atoms with Gasteiger partial charge in [0.05, 0.1) is 5.56 Å². The van der Waals surface area contributed by atoms with Crippen LogP contribution in [-0.2, 0) is 11.0 Å². The van der Waals surface area contributed by atoms with Gasteiger partial charge in [0.15, 0.2) is 6.10 Å². The number of hydrogen-bond acceptors (Lipinski definition) is 2. The molecule has 2 rings (SSSR count). The molecule has 0 aromatic heterocycles. The van der Waals surface area contributed by atoms with Gasteiger partial charge in [0.25, 0.3) is 5.91 Å². The van der Waals surface area contributed by atoms with Crippen molar-refractivity contribution < 1.29 is 22.7 Å². The van der Waals surface area contributed by atoms with Crippen molar-refractivity contribution in [2.45, 2.75) is 39.5 Å². The van der Waals surface area contributed by atoms with E-state index < -0.39 is 23.8 Å². The van der Waals surface area contributed by atoms with E-state index in [1.165, 1.54) is 12.1 Å². The second-order valence-electron chi connectivity index (χ2n) is 5.85. The molecular weight excluding hydrogens is 331 g/mol. The van der Waals surface area contributed by atoms with Crippen LogP contribution in [-0.4, -0.2) is 12.0 Å². The Labute approximate surface area is 144 Å². The van der Waals surface area contributed by atoms with Crippen LogP contribution in [0.25, 0.3) is 0 Å². The highest BCUT2D eigenvalue weighted by molar-refractivity contribution is 5.94. The minimum Gasteiger partial charge on any atom is -0.480 e. The number of amides is 1. The third-order valence-corrected chi connectivity index (χ3v) is 3.72. The summed E-state index contributed by atoms with van der Waals surface area (Å²) in [5.74, 6) is 0.0958. The standard InChI is InChI=1S/C19H20F3NO2/c1-4-16(25-17-9-8-12(2)10-13(17)3)18(24)23-15-7-5-6-14(11-15)19(20,21)22/h5-11,16H,4H2,1-3H3,(H,23,24)/t16-/m0/s1. The minimum absolute atomic E-state index is 0.0857. The molecule has 0 unspecified atom stereocenters. The molecule has 0 radical (unpaired) electrons. The fraction of sp³-hybridized carbons (Fsp3) is 0.316. The van der Waals surface area contributed by atoms with Crippen molar-refractivity contribution in [3.05, 3.63) is 59.2 Å². The highest BCUT2D eigenvalue weighted by atomic mass is 19.4. The van der Waals surface area contributed by atoms with E-state index in [-0.39, 0.29) is 5.69 Å². The van der Waals surface area contributed by atoms with Crippen LogP contribution in [0, 0.1) is 13.8 Å². The number of benzene rings is 2. The molecule has 2 aromatic rings. The van der Waals surface area contributed by atoms with E-state index in [0.29, 0.717) is 12.2 Å². The zero-order valence-corrected chi connectivity index (χ0v) is 14.3. The van der Waals surface area contributed by atoms with Crippen LogP contribution in [0.3, 0.4) is 0 Å². The molecular formula is C19H20F3NO2. The van der Waals surface area contributed by atoms with Gasteiger partial charge in [-0.3, -0.25) is 4.79 Å². The van der Waals surface area contributed by atoms with Crippen LogP contribution in [0.2, 0.25) is 0 Å². The van der Waals surface area contributed by atoms with Crippen molar-refractivity contribution in [2.75, 3.05) is 5.32 Å². The van der Waals surface area contributed by atoms with E-state index in [1.54, 1.807) is 13.0 Å². The molecule has 6 heteroatoms. The largest absolute Gasteiger partial charge is 0.480 e. The average molecular weight is 351 g/mol. The highest BCUT2D eigenvalue weighted by Crippen LogP contribution is 2.30. The van der Waals surface area contributed by atoms with Crippen LogP contribution in [0.1, 0.15) is 30.0 Å². The quantitative estimate of drug-likeness (QED) is 0.812. The molecule has 0 bridgehead atoms. The maximum atomic E-state index is 12.8. The summed E-state index contributed by atoms with van der Waals surface area (Å²) in [5, 5.41) is 2.49. The van der Waals surface area contributed by atoms with Crippen LogP contribution >= 0.6 is 0 Å². The molecule has 0 fully saturated rings. The third kappa shape index (κ3) is 4.98. The molecule has 0 saturated heterocycles. The average Bonchev–Trinajstić information content (AvgIpc) is 2.53. The van der Waals surface area contributed by atoms with Crippen molar-refractivity contribution in [2.24, 2.45) is 0 Å². The van der Waals surface area contributed by atoms with E-state index >= 15 is 0 Å². The second-order valence-corrected chi connectivity index (χ2v) is 5.85. The minimum atomic E-state index is -4.46. The highest BCUT2D eigenvalue weighted by Gasteiger charge is 2.30. The molecule has 0 aliphatic carbocycles. The van der Waals surface area contributed by atoms with E-state index in [4.69, 9.17) is 4.74 Å². The Kier molecular flexibility index (Phi) is 5.72. The smallest absolute Gasteiger partial charge is 0.416 e. The van der Waals surface area contributed by atoms with Crippen molar-refractivity contribution in [1.82, 2.24) is 0 Å². The normalized spacial score (nSPS) is 12.6. The first-order chi connectivity index (χ1) is 11.7. The summed E-state index contributed by atoms with van der Waals surface area (Å²) in [5.41, 5.74) is 1.24. The Bertz CT molecular complexity index is 757. The van der Waals surface area contributed by atoms with Crippen molar-refractivity contribution in [3.63, 3.8) is 0 Å². The molecule has 25 heavy (non-hydrogen) atoms. The summed E-state index contributed by atoms with van der Waals surface area (Å²) >= 11 is 0. The topological polar surface area (TPSA) is 38.3 Å². The van der Waals surface area contributed by atoms with E-state index in [1.807, 2.05) is 26.0 Å². The molecule has 2 aromatic carbocycles. The third-order valence-electron chi connectivity index (χ3n) is 3.72. The summed E-state index contributed by atoms with van der Waals surface area (Å²) in [6, 6.07) is 10.1. The Morgan fingerprint density at radius 2 is 1.88 bits per heavy atom. The number of carbonyl (C=O) groups excluding carboxylic acids is 1. The van der Waals surface area contributed by atoms with Gasteiger partial charge in [-0.2, -0.15) is 13.2 Å². The Balaban J connectivity index is 2.12. The molecule has 0 aliphatic heterocycles. The molecule has 134 valence electrons. The number of nitrogens with one attached hydrogen (secondary N) is 1. The second kappa shape index (κ2) is 7.59. The van der Waals surface area contributed by atoms with Crippen molar-refractivity contribution in [1.29, 1.82) is 0 Å². The van der Waals surface area contributed by atoms with Gasteiger partial charge in [-0.15, -0.1) is 0 Å². The van der Waals surface area contributed by atoms with E-state index in [2.05, 4.69) is 5.32 Å². The number of anilines is 1. The van der Waals surface area contributed by atoms with Gasteiger partial charge in [0, 0.05) is 5.69 Å². The van der Waals surface area contributed by atoms with Crippen molar-refractivity contribution >= 4 is 11.6 Å². The maximum Gasteiger partial charge on any atom is 0.416 e. The Hall–Kier alpha value is -2.50.